The number of benzene rings is 1. The summed E-state index contributed by atoms with van der Waals surface area (Å²) in [4.78, 5) is 34.4. The van der Waals surface area contributed by atoms with Gasteiger partial charge < -0.3 is 5.32 Å². The Morgan fingerprint density at radius 2 is 1.96 bits per heavy atom. The van der Waals surface area contributed by atoms with Crippen molar-refractivity contribution in [2.45, 2.75) is 38.4 Å². The molecule has 3 rings (SSSR count). The van der Waals surface area contributed by atoms with Gasteiger partial charge in [-0.3, -0.25) is 9.59 Å². The van der Waals surface area contributed by atoms with Crippen molar-refractivity contribution in [3.63, 3.8) is 0 Å². The van der Waals surface area contributed by atoms with E-state index in [9.17, 15) is 9.59 Å². The van der Waals surface area contributed by atoms with E-state index in [1.54, 1.807) is 18.2 Å². The number of rotatable bonds is 6. The van der Waals surface area contributed by atoms with Gasteiger partial charge in [0.2, 0.25) is 5.91 Å². The number of para-hydroxylation sites is 1. The molecule has 140 valence electrons. The Balaban J connectivity index is 2.03. The maximum Gasteiger partial charge on any atom is 0.267 e. The SMILES string of the molecule is CCC(C)NC(=O)CSc1nc2ccccc2c(=O)n1-c1cccc(C)n1. The molecular weight excluding hydrogens is 360 g/mol. The van der Waals surface area contributed by atoms with E-state index in [-0.39, 0.29) is 23.3 Å². The van der Waals surface area contributed by atoms with Gasteiger partial charge >= 0.3 is 0 Å². The molecule has 6 nitrogen and oxygen atoms in total. The summed E-state index contributed by atoms with van der Waals surface area (Å²) < 4.78 is 1.48. The highest BCUT2D eigenvalue weighted by Crippen LogP contribution is 2.20. The molecule has 0 radical (unpaired) electrons. The summed E-state index contributed by atoms with van der Waals surface area (Å²) in [5.41, 5.74) is 1.22. The van der Waals surface area contributed by atoms with Crippen LogP contribution in [0.4, 0.5) is 0 Å². The van der Waals surface area contributed by atoms with Crippen molar-refractivity contribution >= 4 is 28.6 Å². The number of aryl methyl sites for hydroxylation is 1. The van der Waals surface area contributed by atoms with Crippen molar-refractivity contribution < 1.29 is 4.79 Å². The van der Waals surface area contributed by atoms with Crippen LogP contribution in [0, 0.1) is 6.92 Å². The van der Waals surface area contributed by atoms with Crippen LogP contribution in [0.15, 0.2) is 52.4 Å². The molecule has 1 aromatic carbocycles. The number of thioether (sulfide) groups is 1. The fourth-order valence-electron chi connectivity index (χ4n) is 2.61. The normalized spacial score (nSPS) is 12.1. The van der Waals surface area contributed by atoms with Crippen molar-refractivity contribution in [1.82, 2.24) is 19.9 Å². The van der Waals surface area contributed by atoms with Gasteiger partial charge in [0.1, 0.15) is 5.82 Å². The van der Waals surface area contributed by atoms with Gasteiger partial charge in [-0.05, 0) is 44.5 Å². The lowest BCUT2D eigenvalue weighted by molar-refractivity contribution is -0.119. The Bertz CT molecular complexity index is 1030. The molecule has 1 N–H and O–H groups in total. The first kappa shape index (κ1) is 19.1. The predicted molar refractivity (Wildman–Crippen MR) is 108 cm³/mol. The van der Waals surface area contributed by atoms with Gasteiger partial charge in [0.15, 0.2) is 5.16 Å². The van der Waals surface area contributed by atoms with Crippen LogP contribution in [0.1, 0.15) is 26.0 Å². The minimum atomic E-state index is -0.191. The lowest BCUT2D eigenvalue weighted by Crippen LogP contribution is -2.33. The fourth-order valence-corrected chi connectivity index (χ4v) is 3.43. The standard InChI is InChI=1S/C20H22N4O2S/c1-4-13(2)22-18(25)12-27-20-23-16-10-6-5-9-15(16)19(26)24(20)17-11-7-8-14(3)21-17/h5-11,13H,4,12H2,1-3H3,(H,22,25). The average molecular weight is 382 g/mol. The van der Waals surface area contributed by atoms with E-state index in [0.717, 1.165) is 12.1 Å². The number of hydrogen-bond donors (Lipinski definition) is 1. The summed E-state index contributed by atoms with van der Waals surface area (Å²) in [7, 11) is 0. The quantitative estimate of drug-likeness (QED) is 0.524. The molecule has 0 aliphatic heterocycles. The van der Waals surface area contributed by atoms with Crippen LogP contribution in [-0.2, 0) is 4.79 Å². The molecule has 1 unspecified atom stereocenters. The Hall–Kier alpha value is -2.67. The molecule has 0 fully saturated rings. The van der Waals surface area contributed by atoms with Gasteiger partial charge in [-0.25, -0.2) is 14.5 Å². The third-order valence-electron chi connectivity index (χ3n) is 4.20. The molecule has 0 bridgehead atoms. The molecule has 1 amide bonds. The Morgan fingerprint density at radius 3 is 2.70 bits per heavy atom. The van der Waals surface area contributed by atoms with Gasteiger partial charge in [0.05, 0.1) is 16.7 Å². The summed E-state index contributed by atoms with van der Waals surface area (Å²) in [6.45, 7) is 5.85. The van der Waals surface area contributed by atoms with Crippen molar-refractivity contribution in [2.75, 3.05) is 5.75 Å². The Morgan fingerprint density at radius 1 is 1.19 bits per heavy atom. The number of carbonyl (C=O) groups excluding carboxylic acids is 1. The number of pyridine rings is 1. The highest BCUT2D eigenvalue weighted by molar-refractivity contribution is 7.99. The highest BCUT2D eigenvalue weighted by atomic mass is 32.2. The number of nitrogens with one attached hydrogen (secondary N) is 1. The van der Waals surface area contributed by atoms with Crippen LogP contribution in [-0.4, -0.2) is 32.2 Å². The second-order valence-electron chi connectivity index (χ2n) is 6.35. The third-order valence-corrected chi connectivity index (χ3v) is 5.14. The van der Waals surface area contributed by atoms with E-state index in [1.165, 1.54) is 16.3 Å². The first-order valence-corrected chi connectivity index (χ1v) is 9.86. The average Bonchev–Trinajstić information content (AvgIpc) is 2.66. The van der Waals surface area contributed by atoms with E-state index < -0.39 is 0 Å². The van der Waals surface area contributed by atoms with Crippen LogP contribution in [0.5, 0.6) is 0 Å². The molecule has 2 aromatic heterocycles. The minimum Gasteiger partial charge on any atom is -0.353 e. The van der Waals surface area contributed by atoms with Crippen LogP contribution in [0.3, 0.4) is 0 Å². The molecule has 0 saturated heterocycles. The first-order chi connectivity index (χ1) is 13.0. The summed E-state index contributed by atoms with van der Waals surface area (Å²) >= 11 is 1.24. The van der Waals surface area contributed by atoms with Crippen LogP contribution < -0.4 is 10.9 Å². The molecule has 0 spiro atoms. The number of carbonyl (C=O) groups is 1. The van der Waals surface area contributed by atoms with E-state index in [1.807, 2.05) is 45.0 Å². The number of hydrogen-bond acceptors (Lipinski definition) is 5. The zero-order valence-electron chi connectivity index (χ0n) is 15.6. The minimum absolute atomic E-state index is 0.0829. The predicted octanol–water partition coefficient (Wildman–Crippen LogP) is 3.10. The largest absolute Gasteiger partial charge is 0.353 e. The number of aromatic nitrogens is 3. The van der Waals surface area contributed by atoms with E-state index >= 15 is 0 Å². The van der Waals surface area contributed by atoms with Crippen LogP contribution in [0.25, 0.3) is 16.7 Å². The maximum absolute atomic E-state index is 13.1. The molecular formula is C20H22N4O2S. The Labute approximate surface area is 162 Å². The molecule has 27 heavy (non-hydrogen) atoms. The Kier molecular flexibility index (Phi) is 5.91. The second kappa shape index (κ2) is 8.35. The molecule has 1 atom stereocenters. The molecule has 3 aromatic rings. The maximum atomic E-state index is 13.1. The van der Waals surface area contributed by atoms with Gasteiger partial charge in [-0.15, -0.1) is 0 Å². The van der Waals surface area contributed by atoms with Crippen molar-refractivity contribution in [3.05, 3.63) is 58.5 Å². The smallest absolute Gasteiger partial charge is 0.267 e. The summed E-state index contributed by atoms with van der Waals surface area (Å²) in [6.07, 6.45) is 0.864. The highest BCUT2D eigenvalue weighted by Gasteiger charge is 2.16. The third kappa shape index (κ3) is 4.36. The van der Waals surface area contributed by atoms with Crippen molar-refractivity contribution in [1.29, 1.82) is 0 Å². The monoisotopic (exact) mass is 382 g/mol. The second-order valence-corrected chi connectivity index (χ2v) is 7.30. The van der Waals surface area contributed by atoms with Gasteiger partial charge in [-0.1, -0.05) is 36.9 Å². The van der Waals surface area contributed by atoms with Gasteiger partial charge in [0, 0.05) is 11.7 Å². The van der Waals surface area contributed by atoms with Crippen molar-refractivity contribution in [2.24, 2.45) is 0 Å². The van der Waals surface area contributed by atoms with E-state index in [4.69, 9.17) is 0 Å². The lowest BCUT2D eigenvalue weighted by atomic mass is 10.2. The number of nitrogens with zero attached hydrogens (tertiary/aromatic N) is 3. The molecule has 2 heterocycles. The first-order valence-electron chi connectivity index (χ1n) is 8.87. The molecule has 0 aliphatic rings. The van der Waals surface area contributed by atoms with Crippen LogP contribution >= 0.6 is 11.8 Å². The fraction of sp³-hybridized carbons (Fsp3) is 0.300. The topological polar surface area (TPSA) is 76.9 Å². The van der Waals surface area contributed by atoms with Crippen LogP contribution in [0.2, 0.25) is 0 Å². The summed E-state index contributed by atoms with van der Waals surface area (Å²) in [5, 5.41) is 3.91. The van der Waals surface area contributed by atoms with Crippen molar-refractivity contribution in [3.8, 4) is 5.82 Å². The number of fused-ring (bicyclic) bond motifs is 1. The molecule has 0 saturated carbocycles. The number of amides is 1. The van der Waals surface area contributed by atoms with Gasteiger partial charge in [-0.2, -0.15) is 0 Å². The molecule has 0 aliphatic carbocycles. The van der Waals surface area contributed by atoms with E-state index in [0.29, 0.717) is 21.9 Å². The summed E-state index contributed by atoms with van der Waals surface area (Å²) in [5.74, 6) is 0.601. The van der Waals surface area contributed by atoms with E-state index in [2.05, 4.69) is 15.3 Å². The zero-order chi connectivity index (χ0) is 19.4. The molecule has 7 heteroatoms. The van der Waals surface area contributed by atoms with Gasteiger partial charge in [0.25, 0.3) is 5.56 Å². The zero-order valence-corrected chi connectivity index (χ0v) is 16.4. The summed E-state index contributed by atoms with van der Waals surface area (Å²) in [6, 6.07) is 12.8. The lowest BCUT2D eigenvalue weighted by Gasteiger charge is -2.14.